The molecule has 0 aliphatic heterocycles. The van der Waals surface area contributed by atoms with Gasteiger partial charge in [-0.2, -0.15) is 0 Å². The topological polar surface area (TPSA) is 68.2 Å². The number of nitrogens with zero attached hydrogens (tertiary/aromatic N) is 1. The van der Waals surface area contributed by atoms with E-state index in [1.165, 1.54) is 0 Å². The van der Waals surface area contributed by atoms with Gasteiger partial charge in [-0.15, -0.1) is 0 Å². The zero-order valence-electron chi connectivity index (χ0n) is 14.2. The molecule has 1 aromatic heterocycles. The summed E-state index contributed by atoms with van der Waals surface area (Å²) in [6.45, 7) is 4.85. The second-order valence-corrected chi connectivity index (χ2v) is 8.72. The Morgan fingerprint density at radius 2 is 1.84 bits per heavy atom. The minimum atomic E-state index is -3.63. The third-order valence-corrected chi connectivity index (χ3v) is 6.32. The van der Waals surface area contributed by atoms with Gasteiger partial charge in [0, 0.05) is 13.1 Å². The van der Waals surface area contributed by atoms with Gasteiger partial charge in [0.25, 0.3) is 0 Å². The van der Waals surface area contributed by atoms with Gasteiger partial charge in [0.05, 0.1) is 15.1 Å². The number of nitrogens with one attached hydrogen (secondary N) is 1. The van der Waals surface area contributed by atoms with Crippen LogP contribution in [0.1, 0.15) is 24.5 Å². The first-order chi connectivity index (χ1) is 11.9. The Balaban J connectivity index is 1.86. The Morgan fingerprint density at radius 1 is 1.12 bits per heavy atom. The third-order valence-electron chi connectivity index (χ3n) is 3.98. The molecule has 0 aliphatic rings. The molecule has 0 saturated carbocycles. The predicted octanol–water partition coefficient (Wildman–Crippen LogP) is 3.26. The fourth-order valence-electron chi connectivity index (χ4n) is 2.62. The average molecular weight is 377 g/mol. The van der Waals surface area contributed by atoms with Crippen molar-refractivity contribution in [3.8, 4) is 0 Å². The van der Waals surface area contributed by atoms with E-state index in [1.807, 2.05) is 38.1 Å². The molecule has 3 rings (SSSR count). The van der Waals surface area contributed by atoms with E-state index < -0.39 is 10.0 Å². The summed E-state index contributed by atoms with van der Waals surface area (Å²) in [4.78, 5) is 12.2. The standard InChI is InChI=1S/C18H20N2O3S2/c1-3-10-20-16-9-8-15(11-17(16)24-18(20)21)25(22,23)19-12-14-6-4-13(2)5-7-14/h4-9,11,19H,3,10,12H2,1-2H3. The van der Waals surface area contributed by atoms with Crippen LogP contribution >= 0.6 is 11.3 Å². The summed E-state index contributed by atoms with van der Waals surface area (Å²) >= 11 is 1.08. The quantitative estimate of drug-likeness (QED) is 0.718. The first kappa shape index (κ1) is 17.8. The number of rotatable bonds is 6. The molecule has 0 fully saturated rings. The molecule has 5 nitrogen and oxygen atoms in total. The average Bonchev–Trinajstić information content (AvgIpc) is 2.90. The van der Waals surface area contributed by atoms with Gasteiger partial charge in [-0.1, -0.05) is 48.1 Å². The molecule has 2 aromatic carbocycles. The molecule has 1 N–H and O–H groups in total. The molecule has 0 amide bonds. The van der Waals surface area contributed by atoms with Crippen molar-refractivity contribution in [3.63, 3.8) is 0 Å². The van der Waals surface area contributed by atoms with Gasteiger partial charge in [0.15, 0.2) is 0 Å². The molecule has 25 heavy (non-hydrogen) atoms. The molecule has 0 spiro atoms. The molecular formula is C18H20N2O3S2. The highest BCUT2D eigenvalue weighted by molar-refractivity contribution is 7.89. The van der Waals surface area contributed by atoms with Gasteiger partial charge in [-0.3, -0.25) is 9.36 Å². The van der Waals surface area contributed by atoms with E-state index in [0.717, 1.165) is 34.4 Å². The molecule has 132 valence electrons. The van der Waals surface area contributed by atoms with Crippen molar-refractivity contribution in [2.24, 2.45) is 0 Å². The first-order valence-electron chi connectivity index (χ1n) is 8.09. The molecule has 3 aromatic rings. The maximum absolute atomic E-state index is 12.5. The first-order valence-corrected chi connectivity index (χ1v) is 10.4. The maximum Gasteiger partial charge on any atom is 0.308 e. The van der Waals surface area contributed by atoms with Gasteiger partial charge >= 0.3 is 4.87 Å². The van der Waals surface area contributed by atoms with Crippen LogP contribution in [0.3, 0.4) is 0 Å². The highest BCUT2D eigenvalue weighted by atomic mass is 32.2. The summed E-state index contributed by atoms with van der Waals surface area (Å²) in [6, 6.07) is 12.5. The number of aromatic nitrogens is 1. The van der Waals surface area contributed by atoms with Gasteiger partial charge in [-0.25, -0.2) is 13.1 Å². The predicted molar refractivity (Wildman–Crippen MR) is 102 cm³/mol. The number of benzene rings is 2. The van der Waals surface area contributed by atoms with E-state index in [2.05, 4.69) is 4.72 Å². The van der Waals surface area contributed by atoms with Crippen LogP contribution in [-0.2, 0) is 23.1 Å². The van der Waals surface area contributed by atoms with Crippen molar-refractivity contribution in [2.45, 2.75) is 38.3 Å². The van der Waals surface area contributed by atoms with Crippen LogP contribution in [-0.4, -0.2) is 13.0 Å². The Hall–Kier alpha value is -1.96. The monoisotopic (exact) mass is 376 g/mol. The number of sulfonamides is 1. The Morgan fingerprint density at radius 3 is 2.52 bits per heavy atom. The summed E-state index contributed by atoms with van der Waals surface area (Å²) in [7, 11) is -3.63. The molecule has 0 radical (unpaired) electrons. The van der Waals surface area contributed by atoms with Gasteiger partial charge < -0.3 is 0 Å². The van der Waals surface area contributed by atoms with Crippen LogP contribution in [0.15, 0.2) is 52.2 Å². The van der Waals surface area contributed by atoms with Gasteiger partial charge in [0.1, 0.15) is 0 Å². The Labute approximate surface area is 151 Å². The summed E-state index contributed by atoms with van der Waals surface area (Å²) in [5, 5.41) is 0. The van der Waals surface area contributed by atoms with Crippen LogP contribution < -0.4 is 9.60 Å². The Kier molecular flexibility index (Phi) is 5.08. The van der Waals surface area contributed by atoms with Gasteiger partial charge in [0.2, 0.25) is 10.0 Å². The molecule has 0 saturated heterocycles. The highest BCUT2D eigenvalue weighted by Gasteiger charge is 2.16. The van der Waals surface area contributed by atoms with Crippen molar-refractivity contribution in [1.29, 1.82) is 0 Å². The smallest absolute Gasteiger partial charge is 0.299 e. The molecule has 0 aliphatic carbocycles. The fraction of sp³-hybridized carbons (Fsp3) is 0.278. The van der Waals surface area contributed by atoms with Crippen LogP contribution in [0.4, 0.5) is 0 Å². The van der Waals surface area contributed by atoms with Crippen LogP contribution in [0.2, 0.25) is 0 Å². The van der Waals surface area contributed by atoms with Crippen LogP contribution in [0.5, 0.6) is 0 Å². The van der Waals surface area contributed by atoms with E-state index in [4.69, 9.17) is 0 Å². The second-order valence-electron chi connectivity index (χ2n) is 5.96. The normalized spacial score (nSPS) is 11.9. The van der Waals surface area contributed by atoms with E-state index in [1.54, 1.807) is 22.8 Å². The van der Waals surface area contributed by atoms with E-state index in [0.29, 0.717) is 11.2 Å². The number of fused-ring (bicyclic) bond motifs is 1. The lowest BCUT2D eigenvalue weighted by atomic mass is 10.2. The number of thiazole rings is 1. The second kappa shape index (κ2) is 7.11. The van der Waals surface area contributed by atoms with E-state index in [9.17, 15) is 13.2 Å². The highest BCUT2D eigenvalue weighted by Crippen LogP contribution is 2.22. The number of hydrogen-bond acceptors (Lipinski definition) is 4. The molecular weight excluding hydrogens is 356 g/mol. The summed E-state index contributed by atoms with van der Waals surface area (Å²) in [5.74, 6) is 0. The molecule has 0 atom stereocenters. The number of hydrogen-bond donors (Lipinski definition) is 1. The lowest BCUT2D eigenvalue weighted by Crippen LogP contribution is -2.23. The molecule has 0 unspecified atom stereocenters. The third kappa shape index (κ3) is 3.84. The van der Waals surface area contributed by atoms with Crippen molar-refractivity contribution < 1.29 is 8.42 Å². The number of aryl methyl sites for hydroxylation is 2. The zero-order chi connectivity index (χ0) is 18.0. The lowest BCUT2D eigenvalue weighted by molar-refractivity contribution is 0.581. The lowest BCUT2D eigenvalue weighted by Gasteiger charge is -2.08. The summed E-state index contributed by atoms with van der Waals surface area (Å²) in [5.41, 5.74) is 2.81. The fourth-order valence-corrected chi connectivity index (χ4v) is 4.69. The maximum atomic E-state index is 12.5. The summed E-state index contributed by atoms with van der Waals surface area (Å²) in [6.07, 6.45) is 0.851. The van der Waals surface area contributed by atoms with E-state index in [-0.39, 0.29) is 16.3 Å². The largest absolute Gasteiger partial charge is 0.308 e. The minimum Gasteiger partial charge on any atom is -0.299 e. The van der Waals surface area contributed by atoms with Crippen LogP contribution in [0.25, 0.3) is 10.2 Å². The van der Waals surface area contributed by atoms with E-state index >= 15 is 0 Å². The molecule has 1 heterocycles. The summed E-state index contributed by atoms with van der Waals surface area (Å²) < 4.78 is 30.1. The molecule has 7 heteroatoms. The van der Waals surface area contributed by atoms with Crippen molar-refractivity contribution >= 4 is 31.6 Å². The Bertz CT molecular complexity index is 1050. The van der Waals surface area contributed by atoms with Crippen molar-refractivity contribution in [2.75, 3.05) is 0 Å². The SMILES string of the molecule is CCCn1c(=O)sc2cc(S(=O)(=O)NCc3ccc(C)cc3)ccc21. The van der Waals surface area contributed by atoms with Crippen molar-refractivity contribution in [1.82, 2.24) is 9.29 Å². The zero-order valence-corrected chi connectivity index (χ0v) is 15.8. The molecule has 0 bridgehead atoms. The van der Waals surface area contributed by atoms with Gasteiger partial charge in [-0.05, 0) is 37.1 Å². The van der Waals surface area contributed by atoms with Crippen molar-refractivity contribution in [3.05, 3.63) is 63.3 Å². The minimum absolute atomic E-state index is 0.0565. The van der Waals surface area contributed by atoms with Crippen LogP contribution in [0, 0.1) is 6.92 Å².